The van der Waals surface area contributed by atoms with Crippen molar-refractivity contribution >= 4 is 16.7 Å². The second kappa shape index (κ2) is 7.28. The van der Waals surface area contributed by atoms with Crippen LogP contribution in [0, 0.1) is 0 Å². The summed E-state index contributed by atoms with van der Waals surface area (Å²) < 4.78 is 0. The van der Waals surface area contributed by atoms with Crippen molar-refractivity contribution in [2.24, 2.45) is 0 Å². The predicted octanol–water partition coefficient (Wildman–Crippen LogP) is 4.86. The molecule has 0 atom stereocenters. The molecule has 2 aromatic carbocycles. The lowest BCUT2D eigenvalue weighted by Crippen LogP contribution is -2.27. The van der Waals surface area contributed by atoms with E-state index in [2.05, 4.69) is 62.6 Å². The van der Waals surface area contributed by atoms with Crippen molar-refractivity contribution in [3.05, 3.63) is 54.4 Å². The Hall–Kier alpha value is -2.46. The molecule has 0 bridgehead atoms. The Kier molecular flexibility index (Phi) is 4.50. The van der Waals surface area contributed by atoms with Crippen LogP contribution in [0.1, 0.15) is 37.7 Å². The first-order valence-corrected chi connectivity index (χ1v) is 10.2. The lowest BCUT2D eigenvalue weighted by atomic mass is 9.93. The molecule has 1 aliphatic heterocycles. The maximum absolute atomic E-state index is 4.52. The molecule has 4 heteroatoms. The van der Waals surface area contributed by atoms with E-state index in [1.165, 1.54) is 61.9 Å². The first kappa shape index (κ1) is 16.7. The molecule has 1 aromatic heterocycles. The molecule has 4 nitrogen and oxygen atoms in total. The lowest BCUT2D eigenvalue weighted by Gasteiger charge is -2.27. The second-order valence-corrected chi connectivity index (χ2v) is 7.91. The molecule has 2 aliphatic rings. The van der Waals surface area contributed by atoms with Crippen molar-refractivity contribution in [1.29, 1.82) is 0 Å². The Balaban J connectivity index is 1.46. The molecular weight excluding hydrogens is 332 g/mol. The number of aromatic nitrogens is 2. The van der Waals surface area contributed by atoms with E-state index in [0.29, 0.717) is 6.04 Å². The minimum absolute atomic E-state index is 0.565. The monoisotopic (exact) mass is 358 g/mol. The molecule has 5 rings (SSSR count). The molecule has 1 saturated heterocycles. The highest BCUT2D eigenvalue weighted by atomic mass is 15.1. The largest absolute Gasteiger partial charge is 0.367 e. The summed E-state index contributed by atoms with van der Waals surface area (Å²) in [7, 11) is 0. The number of benzene rings is 2. The summed E-state index contributed by atoms with van der Waals surface area (Å²) >= 11 is 0. The normalized spacial score (nSPS) is 17.9. The van der Waals surface area contributed by atoms with Crippen LogP contribution in [-0.2, 0) is 6.54 Å². The maximum Gasteiger partial charge on any atom is 0.137 e. The fourth-order valence-electron chi connectivity index (χ4n) is 4.15. The minimum Gasteiger partial charge on any atom is -0.367 e. The zero-order valence-corrected chi connectivity index (χ0v) is 15.7. The molecule has 27 heavy (non-hydrogen) atoms. The smallest absolute Gasteiger partial charge is 0.137 e. The zero-order valence-electron chi connectivity index (χ0n) is 15.7. The summed E-state index contributed by atoms with van der Waals surface area (Å²) in [5, 5.41) is 4.72. The second-order valence-electron chi connectivity index (χ2n) is 7.91. The van der Waals surface area contributed by atoms with Gasteiger partial charge in [0, 0.05) is 18.0 Å². The van der Waals surface area contributed by atoms with Crippen molar-refractivity contribution in [2.75, 3.05) is 18.4 Å². The van der Waals surface area contributed by atoms with Crippen molar-refractivity contribution in [3.8, 4) is 11.1 Å². The van der Waals surface area contributed by atoms with Gasteiger partial charge < -0.3 is 5.32 Å². The van der Waals surface area contributed by atoms with Gasteiger partial charge in [-0.25, -0.2) is 9.97 Å². The fourth-order valence-corrected chi connectivity index (χ4v) is 4.15. The Morgan fingerprint density at radius 2 is 1.78 bits per heavy atom. The van der Waals surface area contributed by atoms with Crippen LogP contribution < -0.4 is 5.32 Å². The van der Waals surface area contributed by atoms with Crippen molar-refractivity contribution in [1.82, 2.24) is 14.9 Å². The van der Waals surface area contributed by atoms with Gasteiger partial charge in [0.25, 0.3) is 0 Å². The highest BCUT2D eigenvalue weighted by Crippen LogP contribution is 2.30. The number of hydrogen-bond acceptors (Lipinski definition) is 4. The van der Waals surface area contributed by atoms with Crippen LogP contribution in [0.2, 0.25) is 0 Å². The first-order valence-electron chi connectivity index (χ1n) is 10.2. The highest BCUT2D eigenvalue weighted by molar-refractivity contribution is 5.92. The predicted molar refractivity (Wildman–Crippen MR) is 111 cm³/mol. The molecule has 3 aromatic rings. The third-order valence-electron chi connectivity index (χ3n) is 5.95. The van der Waals surface area contributed by atoms with Gasteiger partial charge in [0.05, 0.1) is 5.52 Å². The average molecular weight is 358 g/mol. The number of nitrogens with one attached hydrogen (secondary N) is 1. The van der Waals surface area contributed by atoms with E-state index in [9.17, 15) is 0 Å². The van der Waals surface area contributed by atoms with Crippen LogP contribution in [0.15, 0.2) is 48.8 Å². The number of likely N-dealkylation sites (tertiary alicyclic amines) is 1. The van der Waals surface area contributed by atoms with Gasteiger partial charge in [0.1, 0.15) is 12.1 Å². The minimum atomic E-state index is 0.565. The van der Waals surface area contributed by atoms with Crippen molar-refractivity contribution in [2.45, 2.75) is 44.7 Å². The van der Waals surface area contributed by atoms with E-state index in [4.69, 9.17) is 0 Å². The van der Waals surface area contributed by atoms with Crippen LogP contribution in [0.4, 0.5) is 5.82 Å². The standard InChI is InChI=1S/C23H26N4/c1-2-12-27(11-1)15-17-5-3-6-18(13-17)19-9-10-22-21(14-19)23(25-16-24-22)26-20-7-4-8-20/h3,5-6,9-10,13-14,16,20H,1-2,4,7-8,11-12,15H2,(H,24,25,26). The van der Waals surface area contributed by atoms with E-state index in [-0.39, 0.29) is 0 Å². The first-order chi connectivity index (χ1) is 13.3. The topological polar surface area (TPSA) is 41.1 Å². The molecule has 1 N–H and O–H groups in total. The van der Waals surface area contributed by atoms with Crippen LogP contribution in [0.3, 0.4) is 0 Å². The van der Waals surface area contributed by atoms with Gasteiger partial charge in [-0.1, -0.05) is 24.3 Å². The quantitative estimate of drug-likeness (QED) is 0.707. The summed E-state index contributed by atoms with van der Waals surface area (Å²) in [5.74, 6) is 0.972. The third kappa shape index (κ3) is 3.54. The van der Waals surface area contributed by atoms with Gasteiger partial charge in [-0.2, -0.15) is 0 Å². The van der Waals surface area contributed by atoms with Crippen LogP contribution in [0.25, 0.3) is 22.0 Å². The lowest BCUT2D eigenvalue weighted by molar-refractivity contribution is 0.331. The average Bonchev–Trinajstić information content (AvgIpc) is 3.17. The van der Waals surface area contributed by atoms with Gasteiger partial charge in [-0.05, 0) is 80.1 Å². The fraction of sp³-hybridized carbons (Fsp3) is 0.391. The Bertz CT molecular complexity index is 942. The summed E-state index contributed by atoms with van der Waals surface area (Å²) in [6.45, 7) is 3.51. The Morgan fingerprint density at radius 1 is 0.926 bits per heavy atom. The molecule has 0 spiro atoms. The summed E-state index contributed by atoms with van der Waals surface area (Å²) in [6, 6.07) is 16.1. The van der Waals surface area contributed by atoms with Crippen LogP contribution >= 0.6 is 0 Å². The van der Waals surface area contributed by atoms with Gasteiger partial charge >= 0.3 is 0 Å². The molecule has 0 unspecified atom stereocenters. The number of nitrogens with zero attached hydrogens (tertiary/aromatic N) is 3. The Labute approximate surface area is 160 Å². The van der Waals surface area contributed by atoms with Crippen LogP contribution in [0.5, 0.6) is 0 Å². The SMILES string of the molecule is c1cc(CN2CCCC2)cc(-c2ccc3ncnc(NC4CCC4)c3c2)c1. The molecular formula is C23H26N4. The maximum atomic E-state index is 4.52. The van der Waals surface area contributed by atoms with E-state index in [0.717, 1.165) is 23.3 Å². The third-order valence-corrected chi connectivity index (χ3v) is 5.95. The number of rotatable bonds is 5. The van der Waals surface area contributed by atoms with Gasteiger partial charge in [-0.15, -0.1) is 0 Å². The highest BCUT2D eigenvalue weighted by Gasteiger charge is 2.18. The van der Waals surface area contributed by atoms with E-state index in [1.807, 2.05) is 0 Å². The van der Waals surface area contributed by atoms with Crippen molar-refractivity contribution in [3.63, 3.8) is 0 Å². The van der Waals surface area contributed by atoms with Gasteiger partial charge in [0.15, 0.2) is 0 Å². The number of hydrogen-bond donors (Lipinski definition) is 1. The number of anilines is 1. The van der Waals surface area contributed by atoms with E-state index >= 15 is 0 Å². The van der Waals surface area contributed by atoms with Gasteiger partial charge in [0.2, 0.25) is 0 Å². The molecule has 2 fully saturated rings. The molecule has 0 amide bonds. The molecule has 1 aliphatic carbocycles. The summed E-state index contributed by atoms with van der Waals surface area (Å²) in [6.07, 6.45) is 8.13. The summed E-state index contributed by atoms with van der Waals surface area (Å²) in [4.78, 5) is 11.5. The zero-order chi connectivity index (χ0) is 18.1. The molecule has 1 saturated carbocycles. The summed E-state index contributed by atoms with van der Waals surface area (Å²) in [5.41, 5.74) is 4.90. The number of fused-ring (bicyclic) bond motifs is 1. The van der Waals surface area contributed by atoms with Crippen LogP contribution in [-0.4, -0.2) is 34.0 Å². The molecule has 138 valence electrons. The van der Waals surface area contributed by atoms with Gasteiger partial charge in [-0.3, -0.25) is 4.90 Å². The van der Waals surface area contributed by atoms with E-state index < -0.39 is 0 Å². The Morgan fingerprint density at radius 3 is 2.59 bits per heavy atom. The van der Waals surface area contributed by atoms with E-state index in [1.54, 1.807) is 6.33 Å². The molecule has 0 radical (unpaired) electrons. The van der Waals surface area contributed by atoms with Crippen molar-refractivity contribution < 1.29 is 0 Å². The molecule has 2 heterocycles.